The zero-order chi connectivity index (χ0) is 6.81. The van der Waals surface area contributed by atoms with Gasteiger partial charge >= 0.3 is 0 Å². The molecule has 0 spiro atoms. The van der Waals surface area contributed by atoms with E-state index in [2.05, 4.69) is 16.7 Å². The number of ether oxygens (including phenoxy) is 1. The van der Waals surface area contributed by atoms with Crippen molar-refractivity contribution in [3.05, 3.63) is 12.3 Å². The maximum absolute atomic E-state index is 5.33. The van der Waals surface area contributed by atoms with Crippen molar-refractivity contribution >= 4 is 0 Å². The fraction of sp³-hybridized carbons (Fsp3) is 0.714. The van der Waals surface area contributed by atoms with Crippen LogP contribution in [-0.4, -0.2) is 25.4 Å². The molecule has 2 aliphatic rings. The smallest absolute Gasteiger partial charge is 0.130 e. The molecule has 3 nitrogen and oxygen atoms in total. The van der Waals surface area contributed by atoms with Crippen LogP contribution in [0.4, 0.5) is 0 Å². The zero-order valence-electron chi connectivity index (χ0n) is 5.84. The van der Waals surface area contributed by atoms with Gasteiger partial charge in [0.05, 0.1) is 12.4 Å². The van der Waals surface area contributed by atoms with Gasteiger partial charge in [-0.3, -0.25) is 10.6 Å². The summed E-state index contributed by atoms with van der Waals surface area (Å²) in [5.41, 5.74) is 0. The molecule has 2 rings (SSSR count). The van der Waals surface area contributed by atoms with Gasteiger partial charge in [0.15, 0.2) is 0 Å². The van der Waals surface area contributed by atoms with Gasteiger partial charge in [-0.1, -0.05) is 0 Å². The van der Waals surface area contributed by atoms with Crippen molar-refractivity contribution in [2.45, 2.75) is 18.7 Å². The number of rotatable bonds is 1. The van der Waals surface area contributed by atoms with E-state index < -0.39 is 0 Å². The van der Waals surface area contributed by atoms with E-state index in [1.807, 2.05) is 0 Å². The third-order valence-corrected chi connectivity index (χ3v) is 1.94. The van der Waals surface area contributed by atoms with Gasteiger partial charge in [-0.05, 0) is 6.08 Å². The molecule has 1 atom stereocenters. The van der Waals surface area contributed by atoms with Crippen LogP contribution in [-0.2, 0) is 4.74 Å². The van der Waals surface area contributed by atoms with Crippen molar-refractivity contribution in [1.29, 1.82) is 0 Å². The Hall–Kier alpha value is -0.540. The summed E-state index contributed by atoms with van der Waals surface area (Å²) in [7, 11) is 0. The summed E-state index contributed by atoms with van der Waals surface area (Å²) >= 11 is 0. The summed E-state index contributed by atoms with van der Waals surface area (Å²) in [6.45, 7) is 2.12. The topological polar surface area (TPSA) is 33.3 Å². The van der Waals surface area contributed by atoms with Gasteiger partial charge in [-0.2, -0.15) is 0 Å². The zero-order valence-corrected chi connectivity index (χ0v) is 5.84. The predicted molar refractivity (Wildman–Crippen MR) is 38.4 cm³/mol. The van der Waals surface area contributed by atoms with E-state index in [-0.39, 0.29) is 0 Å². The van der Waals surface area contributed by atoms with E-state index in [0.29, 0.717) is 12.3 Å². The van der Waals surface area contributed by atoms with E-state index in [4.69, 9.17) is 4.74 Å². The van der Waals surface area contributed by atoms with Crippen LogP contribution in [0.15, 0.2) is 12.3 Å². The summed E-state index contributed by atoms with van der Waals surface area (Å²) in [6, 6.07) is 0. The van der Waals surface area contributed by atoms with Gasteiger partial charge in [-0.15, -0.1) is 0 Å². The van der Waals surface area contributed by atoms with Crippen molar-refractivity contribution in [2.24, 2.45) is 0 Å². The lowest BCUT2D eigenvalue weighted by Crippen LogP contribution is -2.42. The molecule has 1 fully saturated rings. The maximum atomic E-state index is 5.33. The second-order valence-corrected chi connectivity index (χ2v) is 2.67. The molecule has 0 radical (unpaired) electrons. The number of nitrogens with one attached hydrogen (secondary N) is 2. The molecule has 0 bridgehead atoms. The van der Waals surface area contributed by atoms with Crippen LogP contribution in [0.5, 0.6) is 0 Å². The van der Waals surface area contributed by atoms with E-state index in [9.17, 15) is 0 Å². The third kappa shape index (κ3) is 1.02. The molecule has 0 aliphatic carbocycles. The predicted octanol–water partition coefficient (Wildman–Crippen LogP) is -0.192. The summed E-state index contributed by atoms with van der Waals surface area (Å²) in [5.74, 6) is 0. The lowest BCUT2D eigenvalue weighted by atomic mass is 10.2. The molecule has 0 aromatic rings. The van der Waals surface area contributed by atoms with E-state index in [1.54, 1.807) is 6.26 Å². The first-order valence-corrected chi connectivity index (χ1v) is 3.74. The summed E-state index contributed by atoms with van der Waals surface area (Å²) in [6.07, 6.45) is 5.57. The Bertz CT molecular complexity index is 133. The van der Waals surface area contributed by atoms with Gasteiger partial charge in [0.25, 0.3) is 0 Å². The Morgan fingerprint density at radius 3 is 2.70 bits per heavy atom. The quantitative estimate of drug-likeness (QED) is 0.529. The van der Waals surface area contributed by atoms with Crippen LogP contribution in [0.1, 0.15) is 6.42 Å². The van der Waals surface area contributed by atoms with Gasteiger partial charge in [0, 0.05) is 19.5 Å². The van der Waals surface area contributed by atoms with Crippen LogP contribution >= 0.6 is 0 Å². The molecule has 0 saturated carbocycles. The highest BCUT2D eigenvalue weighted by molar-refractivity contribution is 4.93. The highest BCUT2D eigenvalue weighted by Gasteiger charge is 2.25. The molecule has 2 aliphatic heterocycles. The average Bonchev–Trinajstić information content (AvgIpc) is 2.59. The normalized spacial score (nSPS) is 33.0. The average molecular weight is 140 g/mol. The highest BCUT2D eigenvalue weighted by Crippen LogP contribution is 2.12. The molecule has 2 heterocycles. The Balaban J connectivity index is 1.87. The van der Waals surface area contributed by atoms with E-state index >= 15 is 0 Å². The van der Waals surface area contributed by atoms with E-state index in [1.165, 1.54) is 0 Å². The minimum absolute atomic E-state index is 0.322. The lowest BCUT2D eigenvalue weighted by Gasteiger charge is -2.17. The van der Waals surface area contributed by atoms with Crippen LogP contribution in [0.2, 0.25) is 0 Å². The number of hydrogen-bond donors (Lipinski definition) is 2. The highest BCUT2D eigenvalue weighted by atomic mass is 16.5. The van der Waals surface area contributed by atoms with Crippen molar-refractivity contribution in [1.82, 2.24) is 10.6 Å². The van der Waals surface area contributed by atoms with Gasteiger partial charge in [-0.25, -0.2) is 0 Å². The molecule has 3 heteroatoms. The summed E-state index contributed by atoms with van der Waals surface area (Å²) in [4.78, 5) is 0. The van der Waals surface area contributed by atoms with Crippen molar-refractivity contribution in [2.75, 3.05) is 13.1 Å². The standard InChI is InChI=1S/C7H12N2O/c1-2-6(10-5-1)7-8-3-4-9-7/h1,5-9H,2-4H2. The Morgan fingerprint density at radius 1 is 1.30 bits per heavy atom. The first-order valence-electron chi connectivity index (χ1n) is 3.74. The molecule has 10 heavy (non-hydrogen) atoms. The molecule has 0 aromatic heterocycles. The molecule has 1 saturated heterocycles. The third-order valence-electron chi connectivity index (χ3n) is 1.94. The van der Waals surface area contributed by atoms with Gasteiger partial charge in [0.2, 0.25) is 0 Å². The SMILES string of the molecule is C1=COC(C2NCCN2)C1. The van der Waals surface area contributed by atoms with E-state index in [0.717, 1.165) is 19.5 Å². The molecule has 56 valence electrons. The lowest BCUT2D eigenvalue weighted by molar-refractivity contribution is 0.126. The Labute approximate surface area is 60.4 Å². The number of hydrogen-bond acceptors (Lipinski definition) is 3. The molecule has 2 N–H and O–H groups in total. The molecule has 1 unspecified atom stereocenters. The first kappa shape index (κ1) is 6.19. The Kier molecular flexibility index (Phi) is 1.61. The molecular weight excluding hydrogens is 128 g/mol. The van der Waals surface area contributed by atoms with Crippen LogP contribution in [0.3, 0.4) is 0 Å². The van der Waals surface area contributed by atoms with Crippen molar-refractivity contribution in [3.8, 4) is 0 Å². The molecule has 0 aromatic carbocycles. The fourth-order valence-corrected chi connectivity index (χ4v) is 1.41. The van der Waals surface area contributed by atoms with Gasteiger partial charge < -0.3 is 4.74 Å². The first-order chi connectivity index (χ1) is 4.97. The second kappa shape index (κ2) is 2.60. The van der Waals surface area contributed by atoms with Crippen molar-refractivity contribution < 1.29 is 4.74 Å². The van der Waals surface area contributed by atoms with Crippen LogP contribution in [0, 0.1) is 0 Å². The van der Waals surface area contributed by atoms with Crippen LogP contribution in [0.25, 0.3) is 0 Å². The molecular formula is C7H12N2O. The summed E-state index contributed by atoms with van der Waals surface area (Å²) < 4.78 is 5.33. The summed E-state index contributed by atoms with van der Waals surface area (Å²) in [5, 5.41) is 6.64. The van der Waals surface area contributed by atoms with Crippen LogP contribution < -0.4 is 10.6 Å². The van der Waals surface area contributed by atoms with Gasteiger partial charge in [0.1, 0.15) is 6.10 Å². The second-order valence-electron chi connectivity index (χ2n) is 2.67. The maximum Gasteiger partial charge on any atom is 0.130 e. The minimum Gasteiger partial charge on any atom is -0.495 e. The largest absolute Gasteiger partial charge is 0.495 e. The Morgan fingerprint density at radius 2 is 2.10 bits per heavy atom. The fourth-order valence-electron chi connectivity index (χ4n) is 1.41. The monoisotopic (exact) mass is 140 g/mol. The molecule has 0 amide bonds. The minimum atomic E-state index is 0.322. The van der Waals surface area contributed by atoms with Crippen molar-refractivity contribution in [3.63, 3.8) is 0 Å².